The highest BCUT2D eigenvalue weighted by molar-refractivity contribution is 7.79. The van der Waals surface area contributed by atoms with Crippen molar-refractivity contribution in [2.45, 2.75) is 12.6 Å². The maximum Gasteiger partial charge on any atom is 0.121 e. The van der Waals surface area contributed by atoms with Crippen LogP contribution >= 0.6 is 15.8 Å². The van der Waals surface area contributed by atoms with Gasteiger partial charge in [-0.3, -0.25) is 0 Å². The summed E-state index contributed by atoms with van der Waals surface area (Å²) in [6, 6.07) is 55.2. The van der Waals surface area contributed by atoms with E-state index in [1.807, 2.05) is 0 Å². The van der Waals surface area contributed by atoms with Gasteiger partial charge in [0.05, 0.1) is 5.44 Å². The molecular formula is C39H32N3P2. The van der Waals surface area contributed by atoms with Gasteiger partial charge in [0.25, 0.3) is 0 Å². The third-order valence-electron chi connectivity index (χ3n) is 7.89. The van der Waals surface area contributed by atoms with Gasteiger partial charge in [-0.05, 0) is 54.1 Å². The first-order valence-corrected chi connectivity index (χ1v) is 17.6. The van der Waals surface area contributed by atoms with E-state index in [0.717, 1.165) is 22.7 Å². The molecule has 1 aliphatic carbocycles. The number of aromatic nitrogens is 3. The van der Waals surface area contributed by atoms with Crippen molar-refractivity contribution in [3.05, 3.63) is 183 Å². The second kappa shape index (κ2) is 13.4. The number of hydrogen-bond acceptors (Lipinski definition) is 2. The molecule has 1 heterocycles. The van der Waals surface area contributed by atoms with E-state index >= 15 is 0 Å². The van der Waals surface area contributed by atoms with Crippen LogP contribution in [-0.4, -0.2) is 20.7 Å². The van der Waals surface area contributed by atoms with Crippen LogP contribution in [-0.2, 0) is 0 Å². The SMILES string of the molecule is C[C@H]([C]1[CH][CH][CH][C]1n1nnc(-c2ccccc2)c1P(c1ccccc1)c1ccccc1)P(c1ccccc1)c1ccccc1. The molecule has 5 aromatic carbocycles. The molecule has 0 unspecified atom stereocenters. The van der Waals surface area contributed by atoms with E-state index in [-0.39, 0.29) is 5.66 Å². The van der Waals surface area contributed by atoms with Crippen molar-refractivity contribution in [1.82, 2.24) is 15.0 Å². The third-order valence-corrected chi connectivity index (χ3v) is 13.1. The normalized spacial score (nSPS) is 14.8. The molecule has 0 aliphatic heterocycles. The fourth-order valence-corrected chi connectivity index (χ4v) is 11.0. The Bertz CT molecular complexity index is 1680. The predicted molar refractivity (Wildman–Crippen MR) is 187 cm³/mol. The fourth-order valence-electron chi connectivity index (χ4n) is 5.85. The quantitative estimate of drug-likeness (QED) is 0.170. The molecule has 44 heavy (non-hydrogen) atoms. The van der Waals surface area contributed by atoms with Gasteiger partial charge in [0.1, 0.15) is 11.7 Å². The number of hydrogen-bond donors (Lipinski definition) is 0. The van der Waals surface area contributed by atoms with Gasteiger partial charge < -0.3 is 0 Å². The number of nitrogens with zero attached hydrogens (tertiary/aromatic N) is 3. The molecule has 5 radical (unpaired) electrons. The summed E-state index contributed by atoms with van der Waals surface area (Å²) in [5.74, 6) is 1.28. The molecule has 0 bridgehead atoms. The van der Waals surface area contributed by atoms with E-state index in [2.05, 4.69) is 183 Å². The standard InChI is InChI=1S/C39H32N3P2/c1-30(43(32-20-9-3-10-21-32)33-22-11-4-12-23-33)36-28-17-29-37(36)42-39(38(40-41-42)31-18-7-2-8-19-31)44(34-24-13-5-14-25-34)35-26-15-6-16-27-35/h2-30H,1H3/t30-/m1/s1. The van der Waals surface area contributed by atoms with E-state index in [1.54, 1.807) is 0 Å². The van der Waals surface area contributed by atoms with Gasteiger partial charge in [-0.2, -0.15) is 0 Å². The second-order valence-electron chi connectivity index (χ2n) is 10.6. The first kappa shape index (κ1) is 28.8. The smallest absolute Gasteiger partial charge is 0.121 e. The average Bonchev–Trinajstić information content (AvgIpc) is 3.75. The molecule has 3 nitrogen and oxygen atoms in total. The van der Waals surface area contributed by atoms with E-state index in [9.17, 15) is 0 Å². The van der Waals surface area contributed by atoms with Gasteiger partial charge in [-0.15, -0.1) is 5.10 Å². The monoisotopic (exact) mass is 604 g/mol. The van der Waals surface area contributed by atoms with Crippen molar-refractivity contribution in [2.24, 2.45) is 0 Å². The van der Waals surface area contributed by atoms with Crippen LogP contribution in [0.4, 0.5) is 0 Å². The molecule has 0 N–H and O–H groups in total. The lowest BCUT2D eigenvalue weighted by molar-refractivity contribution is 0.683. The summed E-state index contributed by atoms with van der Waals surface area (Å²) in [4.78, 5) is 0. The van der Waals surface area contributed by atoms with Crippen molar-refractivity contribution in [3.63, 3.8) is 0 Å². The molecular weight excluding hydrogens is 572 g/mol. The number of benzene rings is 5. The Hall–Kier alpha value is -3.90. The van der Waals surface area contributed by atoms with Crippen LogP contribution in [0.3, 0.4) is 0 Å². The van der Waals surface area contributed by atoms with Crippen LogP contribution in [0.2, 0.25) is 0 Å². The number of rotatable bonds is 9. The first-order valence-electron chi connectivity index (χ1n) is 14.9. The lowest BCUT2D eigenvalue weighted by atomic mass is 10.00. The van der Waals surface area contributed by atoms with Crippen molar-refractivity contribution in [3.8, 4) is 11.3 Å². The summed E-state index contributed by atoms with van der Waals surface area (Å²) in [6.07, 6.45) is 6.67. The van der Waals surface area contributed by atoms with Crippen molar-refractivity contribution >= 4 is 42.5 Å². The van der Waals surface area contributed by atoms with Crippen LogP contribution < -0.4 is 26.7 Å². The molecule has 0 saturated heterocycles. The van der Waals surface area contributed by atoms with Gasteiger partial charge in [0.15, 0.2) is 0 Å². The summed E-state index contributed by atoms with van der Waals surface area (Å²) in [6.45, 7) is 2.37. The van der Waals surface area contributed by atoms with Crippen LogP contribution in [0.25, 0.3) is 11.3 Å². The zero-order chi connectivity index (χ0) is 29.7. The maximum absolute atomic E-state index is 4.94. The van der Waals surface area contributed by atoms with Crippen LogP contribution in [0.1, 0.15) is 6.92 Å². The molecule has 7 rings (SSSR count). The highest BCUT2D eigenvalue weighted by atomic mass is 31.1. The zero-order valence-electron chi connectivity index (χ0n) is 24.5. The Labute approximate surface area is 263 Å². The van der Waals surface area contributed by atoms with E-state index in [1.165, 1.54) is 27.1 Å². The third kappa shape index (κ3) is 5.80. The first-order chi connectivity index (χ1) is 21.8. The molecule has 1 aromatic heterocycles. The fraction of sp³-hybridized carbons (Fsp3) is 0.0513. The topological polar surface area (TPSA) is 30.7 Å². The molecule has 0 spiro atoms. The largest absolute Gasteiger partial charge is 0.234 e. The minimum absolute atomic E-state index is 0.247. The summed E-state index contributed by atoms with van der Waals surface area (Å²) in [5, 5.41) is 15.1. The summed E-state index contributed by atoms with van der Waals surface area (Å²) in [7, 11) is -1.65. The minimum atomic E-state index is -0.970. The molecule has 1 aliphatic rings. The molecule has 0 amide bonds. The minimum Gasteiger partial charge on any atom is -0.234 e. The van der Waals surface area contributed by atoms with Crippen LogP contribution in [0.5, 0.6) is 0 Å². The molecule has 1 fully saturated rings. The van der Waals surface area contributed by atoms with E-state index in [0.29, 0.717) is 0 Å². The summed E-state index contributed by atoms with van der Waals surface area (Å²) >= 11 is 0. The molecule has 1 atom stereocenters. The average molecular weight is 605 g/mol. The van der Waals surface area contributed by atoms with Gasteiger partial charge in [-0.1, -0.05) is 164 Å². The van der Waals surface area contributed by atoms with Gasteiger partial charge >= 0.3 is 0 Å². The Morgan fingerprint density at radius 2 is 1.00 bits per heavy atom. The van der Waals surface area contributed by atoms with Gasteiger partial charge in [-0.25, -0.2) is 4.68 Å². The molecule has 5 heteroatoms. The van der Waals surface area contributed by atoms with Gasteiger partial charge in [0.2, 0.25) is 0 Å². The Kier molecular flexibility index (Phi) is 8.78. The van der Waals surface area contributed by atoms with Gasteiger partial charge in [0, 0.05) is 19.4 Å². The van der Waals surface area contributed by atoms with E-state index in [4.69, 9.17) is 10.3 Å². The Morgan fingerprint density at radius 1 is 0.545 bits per heavy atom. The maximum atomic E-state index is 4.94. The highest BCUT2D eigenvalue weighted by Gasteiger charge is 2.42. The highest BCUT2D eigenvalue weighted by Crippen LogP contribution is 2.51. The molecule has 6 aromatic rings. The lowest BCUT2D eigenvalue weighted by Gasteiger charge is -2.33. The van der Waals surface area contributed by atoms with E-state index < -0.39 is 15.8 Å². The predicted octanol–water partition coefficient (Wildman–Crippen LogP) is 6.81. The lowest BCUT2D eigenvalue weighted by Crippen LogP contribution is -2.35. The Morgan fingerprint density at radius 3 is 1.50 bits per heavy atom. The Balaban J connectivity index is 1.37. The zero-order valence-corrected chi connectivity index (χ0v) is 26.3. The van der Waals surface area contributed by atoms with Crippen LogP contribution in [0, 0.1) is 31.2 Å². The molecule has 1 saturated carbocycles. The summed E-state index contributed by atoms with van der Waals surface area (Å²) < 4.78 is 2.14. The summed E-state index contributed by atoms with van der Waals surface area (Å²) in [5.41, 5.74) is 3.38. The van der Waals surface area contributed by atoms with Crippen molar-refractivity contribution in [1.29, 1.82) is 0 Å². The second-order valence-corrected chi connectivity index (χ2v) is 15.3. The van der Waals surface area contributed by atoms with Crippen molar-refractivity contribution < 1.29 is 0 Å². The van der Waals surface area contributed by atoms with Crippen molar-refractivity contribution in [2.75, 3.05) is 0 Å². The van der Waals surface area contributed by atoms with Crippen LogP contribution in [0.15, 0.2) is 152 Å². The molecule has 213 valence electrons.